The predicted molar refractivity (Wildman–Crippen MR) is 66.8 cm³/mol. The molecule has 0 fully saturated rings. The second-order valence-corrected chi connectivity index (χ2v) is 4.53. The van der Waals surface area contributed by atoms with E-state index in [4.69, 9.17) is 10.5 Å². The molecule has 1 aromatic rings. The number of nitrogens with zero attached hydrogens (tertiary/aromatic N) is 1. The summed E-state index contributed by atoms with van der Waals surface area (Å²) in [7, 11) is 1.59. The number of rotatable bonds is 3. The third-order valence-electron chi connectivity index (χ3n) is 2.34. The number of thioether (sulfide) groups is 1. The molecular weight excluding hydrogens is 248 g/mol. The van der Waals surface area contributed by atoms with Crippen molar-refractivity contribution in [1.82, 2.24) is 0 Å². The summed E-state index contributed by atoms with van der Waals surface area (Å²) in [5, 5.41) is -0.0860. The fourth-order valence-corrected chi connectivity index (χ4v) is 2.74. The molecule has 0 saturated carbocycles. The molecule has 4 nitrogen and oxygen atoms in total. The van der Waals surface area contributed by atoms with Crippen molar-refractivity contribution in [2.24, 2.45) is 5.73 Å². The number of methoxy groups -OCH3 is 1. The first-order chi connectivity index (χ1) is 7.26. The van der Waals surface area contributed by atoms with Crippen LogP contribution in [-0.4, -0.2) is 23.8 Å². The zero-order chi connectivity index (χ0) is 10.8. The van der Waals surface area contributed by atoms with Crippen LogP contribution in [-0.2, 0) is 0 Å². The van der Waals surface area contributed by atoms with Crippen molar-refractivity contribution >= 4 is 29.9 Å². The molecule has 2 rings (SSSR count). The van der Waals surface area contributed by atoms with Gasteiger partial charge in [0.2, 0.25) is 0 Å². The highest BCUT2D eigenvalue weighted by atomic mass is 35.5. The van der Waals surface area contributed by atoms with Crippen LogP contribution in [0.5, 0.6) is 5.75 Å². The Bertz CT molecular complexity index is 400. The lowest BCUT2D eigenvalue weighted by molar-refractivity contribution is -0.476. The zero-order valence-corrected chi connectivity index (χ0v) is 10.5. The number of ether oxygens (including phenoxy) is 1. The summed E-state index contributed by atoms with van der Waals surface area (Å²) in [5.74, 6) is 0.712. The van der Waals surface area contributed by atoms with Crippen LogP contribution in [0.3, 0.4) is 0 Å². The van der Waals surface area contributed by atoms with E-state index in [1.165, 1.54) is 0 Å². The number of hydrogen-bond donors (Lipinski definition) is 1. The molecule has 1 heterocycles. The Hall–Kier alpha value is -0.780. The van der Waals surface area contributed by atoms with Gasteiger partial charge < -0.3 is 10.5 Å². The van der Waals surface area contributed by atoms with Gasteiger partial charge in [-0.1, -0.05) is 0 Å². The average molecular weight is 262 g/mol. The molecule has 0 aromatic heterocycles. The Morgan fingerprint density at radius 1 is 1.56 bits per heavy atom. The Labute approximate surface area is 105 Å². The summed E-state index contributed by atoms with van der Waals surface area (Å²) in [6, 6.07) is 5.55. The van der Waals surface area contributed by atoms with Crippen LogP contribution >= 0.6 is 24.2 Å². The van der Waals surface area contributed by atoms with Gasteiger partial charge >= 0.3 is 0 Å². The Balaban J connectivity index is 0.00000128. The molecule has 0 bridgehead atoms. The van der Waals surface area contributed by atoms with E-state index in [0.29, 0.717) is 24.4 Å². The molecule has 88 valence electrons. The molecule has 1 aromatic carbocycles. The predicted octanol–water partition coefficient (Wildman–Crippen LogP) is 2.31. The second kappa shape index (κ2) is 5.52. The zero-order valence-electron chi connectivity index (χ0n) is 8.88. The maximum absolute atomic E-state index is 11.8. The first kappa shape index (κ1) is 13.3. The maximum atomic E-state index is 11.8. The number of fused-ring (bicyclic) bond motifs is 1. The van der Waals surface area contributed by atoms with E-state index in [1.807, 2.05) is 12.1 Å². The molecule has 0 saturated heterocycles. The summed E-state index contributed by atoms with van der Waals surface area (Å²) in [4.78, 5) is 12.8. The van der Waals surface area contributed by atoms with Gasteiger partial charge in [-0.25, -0.2) is 0 Å². The van der Waals surface area contributed by atoms with Gasteiger partial charge in [-0.3, -0.25) is 0 Å². The van der Waals surface area contributed by atoms with Gasteiger partial charge in [0.05, 0.1) is 22.8 Å². The normalized spacial score (nSPS) is 17.9. The van der Waals surface area contributed by atoms with Crippen molar-refractivity contribution in [1.29, 1.82) is 0 Å². The van der Waals surface area contributed by atoms with Gasteiger partial charge in [-0.05, 0) is 30.4 Å². The number of benzene rings is 1. The van der Waals surface area contributed by atoms with Gasteiger partial charge in [0.15, 0.2) is 0 Å². The number of halogens is 1. The van der Waals surface area contributed by atoms with Crippen molar-refractivity contribution < 1.29 is 9.50 Å². The Morgan fingerprint density at radius 2 is 2.31 bits per heavy atom. The number of nitrogens with two attached hydrogens (primary N) is 1. The lowest BCUT2D eigenvalue weighted by Crippen LogP contribution is -2.16. The molecule has 1 aliphatic heterocycles. The molecule has 1 atom stereocenters. The molecule has 1 unspecified atom stereocenters. The number of hydrogen-bond acceptors (Lipinski definition) is 4. The molecule has 0 radical (unpaired) electrons. The molecule has 16 heavy (non-hydrogen) atoms. The highest BCUT2D eigenvalue weighted by molar-refractivity contribution is 8.00. The maximum Gasteiger partial charge on any atom is 0.274 e. The quantitative estimate of drug-likeness (QED) is 0.849. The van der Waals surface area contributed by atoms with E-state index in [9.17, 15) is 4.91 Å². The van der Waals surface area contributed by atoms with Crippen molar-refractivity contribution in [2.45, 2.75) is 16.7 Å². The summed E-state index contributed by atoms with van der Waals surface area (Å²) in [6.45, 7) is 0.529. The molecular formula is C10H14ClN2O2S+. The molecule has 0 amide bonds. The fraction of sp³-hybridized carbons (Fsp3) is 0.400. The van der Waals surface area contributed by atoms with Crippen LogP contribution in [0.4, 0.5) is 5.69 Å². The third kappa shape index (κ3) is 2.31. The van der Waals surface area contributed by atoms with Crippen LogP contribution in [0.1, 0.15) is 6.42 Å². The molecule has 2 N–H and O–H groups in total. The van der Waals surface area contributed by atoms with Gasteiger partial charge in [-0.2, -0.15) is 0 Å². The van der Waals surface area contributed by atoms with E-state index in [2.05, 4.69) is 0 Å². The third-order valence-corrected chi connectivity index (χ3v) is 3.64. The summed E-state index contributed by atoms with van der Waals surface area (Å²) >= 11 is 1.57. The lowest BCUT2D eigenvalue weighted by atomic mass is 10.3. The molecule has 6 heteroatoms. The average Bonchev–Trinajstić information content (AvgIpc) is 2.56. The molecule has 1 aliphatic rings. The summed E-state index contributed by atoms with van der Waals surface area (Å²) < 4.78 is 6.11. The van der Waals surface area contributed by atoms with Crippen LogP contribution in [0.15, 0.2) is 23.1 Å². The molecule has 0 aliphatic carbocycles. The standard InChI is InChI=1S/C10H13N2O2S.ClH/c1-14-7-2-3-9-8(6-7)12(13)10(15-9)4-5-11;/h2-3,6,10H,4-5,11H2,1H3;1H/q+1;. The van der Waals surface area contributed by atoms with E-state index in [-0.39, 0.29) is 17.8 Å². The highest BCUT2D eigenvalue weighted by Gasteiger charge is 2.39. The van der Waals surface area contributed by atoms with Crippen molar-refractivity contribution in [3.8, 4) is 5.75 Å². The van der Waals surface area contributed by atoms with Crippen LogP contribution < -0.4 is 10.5 Å². The van der Waals surface area contributed by atoms with Gasteiger partial charge in [0.1, 0.15) is 5.75 Å². The van der Waals surface area contributed by atoms with Crippen LogP contribution in [0.25, 0.3) is 0 Å². The lowest BCUT2D eigenvalue weighted by Gasteiger charge is -1.96. The minimum absolute atomic E-state index is 0. The van der Waals surface area contributed by atoms with Crippen molar-refractivity contribution in [2.75, 3.05) is 13.7 Å². The SMILES string of the molecule is COc1ccc2c(c1)[N+](=O)C(CCN)S2.Cl. The minimum atomic E-state index is -0.0860. The summed E-state index contributed by atoms with van der Waals surface area (Å²) in [5.41, 5.74) is 6.15. The number of nitroso groups, excluding NO2 is 1. The first-order valence-electron chi connectivity index (χ1n) is 4.77. The van der Waals surface area contributed by atoms with Crippen LogP contribution in [0.2, 0.25) is 0 Å². The van der Waals surface area contributed by atoms with Crippen molar-refractivity contribution in [3.05, 3.63) is 23.1 Å². The first-order valence-corrected chi connectivity index (χ1v) is 5.65. The fourth-order valence-electron chi connectivity index (χ4n) is 1.56. The molecule has 0 spiro atoms. The van der Waals surface area contributed by atoms with Gasteiger partial charge in [0, 0.05) is 11.3 Å². The Kier molecular flexibility index (Phi) is 4.58. The van der Waals surface area contributed by atoms with Gasteiger partial charge in [0.25, 0.3) is 11.1 Å². The van der Waals surface area contributed by atoms with E-state index in [1.54, 1.807) is 24.9 Å². The van der Waals surface area contributed by atoms with E-state index in [0.717, 1.165) is 9.66 Å². The Morgan fingerprint density at radius 3 is 2.94 bits per heavy atom. The largest absolute Gasteiger partial charge is 0.497 e. The van der Waals surface area contributed by atoms with E-state index >= 15 is 0 Å². The smallest absolute Gasteiger partial charge is 0.274 e. The van der Waals surface area contributed by atoms with Gasteiger partial charge in [-0.15, -0.1) is 12.4 Å². The second-order valence-electron chi connectivity index (χ2n) is 3.31. The monoisotopic (exact) mass is 261 g/mol. The topological polar surface area (TPSA) is 55.3 Å². The van der Waals surface area contributed by atoms with E-state index < -0.39 is 0 Å². The summed E-state index contributed by atoms with van der Waals surface area (Å²) in [6.07, 6.45) is 0.700. The van der Waals surface area contributed by atoms with Crippen LogP contribution in [0, 0.1) is 4.91 Å². The highest BCUT2D eigenvalue weighted by Crippen LogP contribution is 2.44. The minimum Gasteiger partial charge on any atom is -0.497 e. The van der Waals surface area contributed by atoms with Crippen molar-refractivity contribution in [3.63, 3.8) is 0 Å².